The monoisotopic (exact) mass is 280 g/mol. The van der Waals surface area contributed by atoms with Gasteiger partial charge >= 0.3 is 0 Å². The summed E-state index contributed by atoms with van der Waals surface area (Å²) in [6, 6.07) is 4.62. The second-order valence-electron chi connectivity index (χ2n) is 2.75. The fourth-order valence-corrected chi connectivity index (χ4v) is 1.86. The van der Waals surface area contributed by atoms with E-state index in [9.17, 15) is 4.39 Å². The molecule has 0 fully saturated rings. The number of hydrogen-bond donors (Lipinski definition) is 1. The molecule has 1 aromatic rings. The van der Waals surface area contributed by atoms with Crippen LogP contribution >= 0.6 is 22.6 Å². The molecule has 0 saturated heterocycles. The maximum Gasteiger partial charge on any atom is 0.123 e. The second-order valence-corrected chi connectivity index (χ2v) is 3.91. The molecule has 3 heteroatoms. The molecule has 1 aromatic carbocycles. The first-order valence-electron chi connectivity index (χ1n) is 3.71. The third-order valence-corrected chi connectivity index (χ3v) is 2.75. The van der Waals surface area contributed by atoms with E-state index in [1.165, 1.54) is 12.1 Å². The summed E-state index contributed by atoms with van der Waals surface area (Å²) in [6.45, 7) is 1.93. The minimum Gasteiger partial charge on any atom is -0.396 e. The van der Waals surface area contributed by atoms with Crippen LogP contribution in [0.4, 0.5) is 4.39 Å². The van der Waals surface area contributed by atoms with Crippen molar-refractivity contribution in [2.75, 3.05) is 6.61 Å². The second kappa shape index (κ2) is 4.18. The third kappa shape index (κ3) is 2.17. The summed E-state index contributed by atoms with van der Waals surface area (Å²) in [6.07, 6.45) is 0. The molecule has 0 radical (unpaired) electrons. The van der Waals surface area contributed by atoms with E-state index in [-0.39, 0.29) is 18.3 Å². The highest BCUT2D eigenvalue weighted by molar-refractivity contribution is 14.1. The molecule has 0 bridgehead atoms. The number of halogens is 2. The van der Waals surface area contributed by atoms with Crippen LogP contribution in [0.1, 0.15) is 18.4 Å². The van der Waals surface area contributed by atoms with Crippen molar-refractivity contribution in [3.63, 3.8) is 0 Å². The summed E-state index contributed by atoms with van der Waals surface area (Å²) in [5.74, 6) is -0.238. The summed E-state index contributed by atoms with van der Waals surface area (Å²) in [4.78, 5) is 0. The standard InChI is InChI=1S/C9H10FIO/c1-6(5-12)8-4-7(10)2-3-9(8)11/h2-4,6,12H,5H2,1H3. The van der Waals surface area contributed by atoms with Crippen molar-refractivity contribution in [1.82, 2.24) is 0 Å². The van der Waals surface area contributed by atoms with Crippen molar-refractivity contribution in [2.24, 2.45) is 0 Å². The van der Waals surface area contributed by atoms with Crippen molar-refractivity contribution in [1.29, 1.82) is 0 Å². The van der Waals surface area contributed by atoms with E-state index >= 15 is 0 Å². The van der Waals surface area contributed by atoms with E-state index in [0.29, 0.717) is 0 Å². The Labute approximate surface area is 84.7 Å². The average molecular weight is 280 g/mol. The van der Waals surface area contributed by atoms with Crippen LogP contribution in [0.15, 0.2) is 18.2 Å². The molecule has 1 N–H and O–H groups in total. The molecule has 0 saturated carbocycles. The first kappa shape index (κ1) is 9.92. The summed E-state index contributed by atoms with van der Waals surface area (Å²) in [7, 11) is 0. The zero-order valence-electron chi connectivity index (χ0n) is 6.72. The first-order chi connectivity index (χ1) is 5.65. The largest absolute Gasteiger partial charge is 0.396 e. The summed E-state index contributed by atoms with van der Waals surface area (Å²) >= 11 is 2.14. The molecule has 0 amide bonds. The highest BCUT2D eigenvalue weighted by Gasteiger charge is 2.08. The van der Waals surface area contributed by atoms with E-state index < -0.39 is 0 Å². The quantitative estimate of drug-likeness (QED) is 0.825. The van der Waals surface area contributed by atoms with Gasteiger partial charge in [0.05, 0.1) is 0 Å². The molecule has 0 spiro atoms. The number of rotatable bonds is 2. The molecular weight excluding hydrogens is 270 g/mol. The summed E-state index contributed by atoms with van der Waals surface area (Å²) in [5, 5.41) is 8.88. The van der Waals surface area contributed by atoms with Crippen molar-refractivity contribution < 1.29 is 9.50 Å². The molecule has 0 heterocycles. The molecule has 1 atom stereocenters. The van der Waals surface area contributed by atoms with Gasteiger partial charge in [0.15, 0.2) is 0 Å². The molecule has 1 rings (SSSR count). The zero-order chi connectivity index (χ0) is 9.14. The lowest BCUT2D eigenvalue weighted by molar-refractivity contribution is 0.272. The van der Waals surface area contributed by atoms with Gasteiger partial charge in [0.2, 0.25) is 0 Å². The van der Waals surface area contributed by atoms with Crippen LogP contribution in [0, 0.1) is 9.39 Å². The maximum absolute atomic E-state index is 12.8. The highest BCUT2D eigenvalue weighted by atomic mass is 127. The molecule has 0 aromatic heterocycles. The molecule has 12 heavy (non-hydrogen) atoms. The van der Waals surface area contributed by atoms with Crippen molar-refractivity contribution in [3.8, 4) is 0 Å². The Hall–Kier alpha value is -0.160. The molecule has 1 unspecified atom stereocenters. The van der Waals surface area contributed by atoms with E-state index in [4.69, 9.17) is 5.11 Å². The van der Waals surface area contributed by atoms with Crippen molar-refractivity contribution >= 4 is 22.6 Å². The van der Waals surface area contributed by atoms with Crippen LogP contribution in [-0.2, 0) is 0 Å². The molecule has 0 aliphatic heterocycles. The number of aliphatic hydroxyl groups is 1. The summed E-state index contributed by atoms with van der Waals surface area (Å²) in [5.41, 5.74) is 0.873. The lowest BCUT2D eigenvalue weighted by atomic mass is 10.0. The van der Waals surface area contributed by atoms with Crippen LogP contribution in [0.5, 0.6) is 0 Å². The number of aliphatic hydroxyl groups excluding tert-OH is 1. The Morgan fingerprint density at radius 1 is 1.58 bits per heavy atom. The van der Waals surface area contributed by atoms with Gasteiger partial charge < -0.3 is 5.11 Å². The van der Waals surface area contributed by atoms with Crippen LogP contribution in [-0.4, -0.2) is 11.7 Å². The maximum atomic E-state index is 12.8. The molecule has 1 nitrogen and oxygen atoms in total. The van der Waals surface area contributed by atoms with E-state index in [2.05, 4.69) is 22.6 Å². The predicted octanol–water partition coefficient (Wildman–Crippen LogP) is 2.53. The fourth-order valence-electron chi connectivity index (χ4n) is 0.991. The van der Waals surface area contributed by atoms with Gasteiger partial charge in [-0.3, -0.25) is 0 Å². The third-order valence-electron chi connectivity index (χ3n) is 1.76. The van der Waals surface area contributed by atoms with Crippen LogP contribution in [0.2, 0.25) is 0 Å². The number of hydrogen-bond acceptors (Lipinski definition) is 1. The lowest BCUT2D eigenvalue weighted by Crippen LogP contribution is -2.01. The van der Waals surface area contributed by atoms with Gasteiger partial charge in [-0.25, -0.2) is 4.39 Å². The highest BCUT2D eigenvalue weighted by Crippen LogP contribution is 2.21. The molecule has 0 aliphatic rings. The topological polar surface area (TPSA) is 20.2 Å². The zero-order valence-corrected chi connectivity index (χ0v) is 8.88. The average Bonchev–Trinajstić information content (AvgIpc) is 2.08. The van der Waals surface area contributed by atoms with E-state index in [1.807, 2.05) is 6.92 Å². The van der Waals surface area contributed by atoms with Crippen LogP contribution in [0.25, 0.3) is 0 Å². The minimum atomic E-state index is -0.245. The number of benzene rings is 1. The summed E-state index contributed by atoms with van der Waals surface area (Å²) < 4.78 is 13.8. The molecule has 66 valence electrons. The Balaban J connectivity index is 3.04. The Morgan fingerprint density at radius 3 is 2.83 bits per heavy atom. The lowest BCUT2D eigenvalue weighted by Gasteiger charge is -2.10. The Bertz CT molecular complexity index is 275. The van der Waals surface area contributed by atoms with Gasteiger partial charge in [-0.05, 0) is 46.4 Å². The van der Waals surface area contributed by atoms with Gasteiger partial charge in [0, 0.05) is 16.1 Å². The minimum absolute atomic E-state index is 0.00704. The van der Waals surface area contributed by atoms with E-state index in [1.54, 1.807) is 6.07 Å². The van der Waals surface area contributed by atoms with Gasteiger partial charge in [0.1, 0.15) is 5.82 Å². The van der Waals surface area contributed by atoms with Gasteiger partial charge in [-0.2, -0.15) is 0 Å². The van der Waals surface area contributed by atoms with Crippen molar-refractivity contribution in [2.45, 2.75) is 12.8 Å². The van der Waals surface area contributed by atoms with Crippen LogP contribution < -0.4 is 0 Å². The van der Waals surface area contributed by atoms with Gasteiger partial charge in [-0.1, -0.05) is 6.92 Å². The first-order valence-corrected chi connectivity index (χ1v) is 4.79. The smallest absolute Gasteiger partial charge is 0.123 e. The van der Waals surface area contributed by atoms with Crippen molar-refractivity contribution in [3.05, 3.63) is 33.1 Å². The van der Waals surface area contributed by atoms with Gasteiger partial charge in [-0.15, -0.1) is 0 Å². The van der Waals surface area contributed by atoms with Crippen LogP contribution in [0.3, 0.4) is 0 Å². The van der Waals surface area contributed by atoms with Gasteiger partial charge in [0.25, 0.3) is 0 Å². The van der Waals surface area contributed by atoms with E-state index in [0.717, 1.165) is 9.13 Å². The normalized spacial score (nSPS) is 13.0. The Kier molecular flexibility index (Phi) is 3.46. The Morgan fingerprint density at radius 2 is 2.25 bits per heavy atom. The molecule has 0 aliphatic carbocycles. The predicted molar refractivity (Wildman–Crippen MR) is 54.6 cm³/mol. The molecular formula is C9H10FIO. The fraction of sp³-hybridized carbons (Fsp3) is 0.333. The SMILES string of the molecule is CC(CO)c1cc(F)ccc1I.